The lowest BCUT2D eigenvalue weighted by Crippen LogP contribution is -2.26. The molecule has 0 saturated heterocycles. The molecule has 0 spiro atoms. The van der Waals surface area contributed by atoms with Gasteiger partial charge in [0.1, 0.15) is 5.82 Å². The van der Waals surface area contributed by atoms with Gasteiger partial charge in [0.25, 0.3) is 0 Å². The van der Waals surface area contributed by atoms with Gasteiger partial charge < -0.3 is 14.8 Å². The first-order chi connectivity index (χ1) is 9.75. The first-order valence-corrected chi connectivity index (χ1v) is 7.25. The standard InChI is InChI=1S/C16H22N4/c1-19(2)10-11-20-15-8-9-17-12-14(15)18-16(20)13-6-4-3-5-7-13/h3-7,17H,8-12H2,1-2H3. The molecule has 1 aliphatic heterocycles. The van der Waals surface area contributed by atoms with Gasteiger partial charge in [-0.1, -0.05) is 30.3 Å². The van der Waals surface area contributed by atoms with Crippen molar-refractivity contribution < 1.29 is 0 Å². The Labute approximate surface area is 120 Å². The third kappa shape index (κ3) is 2.62. The Kier molecular flexibility index (Phi) is 3.85. The van der Waals surface area contributed by atoms with E-state index in [0.29, 0.717) is 0 Å². The molecule has 2 heterocycles. The first kappa shape index (κ1) is 13.3. The molecule has 0 unspecified atom stereocenters. The molecule has 0 radical (unpaired) electrons. The Hall–Kier alpha value is -1.65. The summed E-state index contributed by atoms with van der Waals surface area (Å²) in [5.41, 5.74) is 3.83. The van der Waals surface area contributed by atoms with Crippen molar-refractivity contribution >= 4 is 0 Å². The molecule has 4 nitrogen and oxygen atoms in total. The van der Waals surface area contributed by atoms with Crippen LogP contribution in [0.5, 0.6) is 0 Å². The molecule has 0 aliphatic carbocycles. The molecule has 0 amide bonds. The molecule has 0 fully saturated rings. The number of aromatic nitrogens is 2. The van der Waals surface area contributed by atoms with Crippen LogP contribution in [0.4, 0.5) is 0 Å². The van der Waals surface area contributed by atoms with Gasteiger partial charge in [-0.05, 0) is 14.1 Å². The van der Waals surface area contributed by atoms with Gasteiger partial charge in [-0.25, -0.2) is 4.98 Å². The average molecular weight is 270 g/mol. The minimum absolute atomic E-state index is 0.893. The van der Waals surface area contributed by atoms with E-state index >= 15 is 0 Å². The number of nitrogens with one attached hydrogen (secondary N) is 1. The van der Waals surface area contributed by atoms with Crippen molar-refractivity contribution in [2.75, 3.05) is 27.2 Å². The van der Waals surface area contributed by atoms with Crippen molar-refractivity contribution in [1.29, 1.82) is 0 Å². The lowest BCUT2D eigenvalue weighted by atomic mass is 10.2. The fourth-order valence-electron chi connectivity index (χ4n) is 2.72. The topological polar surface area (TPSA) is 33.1 Å². The van der Waals surface area contributed by atoms with Gasteiger partial charge in [-0.3, -0.25) is 0 Å². The predicted molar refractivity (Wildman–Crippen MR) is 81.6 cm³/mol. The number of fused-ring (bicyclic) bond motifs is 1. The van der Waals surface area contributed by atoms with E-state index in [-0.39, 0.29) is 0 Å². The van der Waals surface area contributed by atoms with Gasteiger partial charge in [0.05, 0.1) is 5.69 Å². The summed E-state index contributed by atoms with van der Waals surface area (Å²) in [6.07, 6.45) is 1.07. The second kappa shape index (κ2) is 5.77. The maximum atomic E-state index is 4.88. The predicted octanol–water partition coefficient (Wildman–Crippen LogP) is 1.76. The molecule has 1 aromatic heterocycles. The minimum atomic E-state index is 0.893. The highest BCUT2D eigenvalue weighted by molar-refractivity contribution is 5.57. The third-order valence-electron chi connectivity index (χ3n) is 3.79. The second-order valence-corrected chi connectivity index (χ2v) is 5.58. The lowest BCUT2D eigenvalue weighted by Gasteiger charge is -2.18. The van der Waals surface area contributed by atoms with Crippen molar-refractivity contribution in [1.82, 2.24) is 19.8 Å². The van der Waals surface area contributed by atoms with Gasteiger partial charge in [0.2, 0.25) is 0 Å². The zero-order valence-electron chi connectivity index (χ0n) is 12.3. The van der Waals surface area contributed by atoms with Crippen molar-refractivity contribution in [2.45, 2.75) is 19.5 Å². The van der Waals surface area contributed by atoms with E-state index in [1.54, 1.807) is 0 Å². The lowest BCUT2D eigenvalue weighted by molar-refractivity contribution is 0.381. The molecule has 20 heavy (non-hydrogen) atoms. The summed E-state index contributed by atoms with van der Waals surface area (Å²) in [5, 5.41) is 3.41. The van der Waals surface area contributed by atoms with Crippen LogP contribution in [0.25, 0.3) is 11.4 Å². The molecule has 1 aliphatic rings. The quantitative estimate of drug-likeness (QED) is 0.919. The van der Waals surface area contributed by atoms with Gasteiger partial charge >= 0.3 is 0 Å². The Morgan fingerprint density at radius 1 is 1.25 bits per heavy atom. The molecular weight excluding hydrogens is 248 g/mol. The van der Waals surface area contributed by atoms with Crippen LogP contribution in [0.1, 0.15) is 11.4 Å². The number of hydrogen-bond donors (Lipinski definition) is 1. The SMILES string of the molecule is CN(C)CCn1c(-c2ccccc2)nc2c1CCNC2. The van der Waals surface area contributed by atoms with Crippen LogP contribution in [0, 0.1) is 0 Å². The third-order valence-corrected chi connectivity index (χ3v) is 3.79. The van der Waals surface area contributed by atoms with E-state index in [1.807, 2.05) is 0 Å². The number of nitrogens with zero attached hydrogens (tertiary/aromatic N) is 3. The summed E-state index contributed by atoms with van der Waals surface area (Å²) in [6, 6.07) is 10.5. The molecule has 0 atom stereocenters. The van der Waals surface area contributed by atoms with Crippen LogP contribution in [0.2, 0.25) is 0 Å². The Balaban J connectivity index is 2.01. The second-order valence-electron chi connectivity index (χ2n) is 5.58. The molecule has 3 rings (SSSR count). The highest BCUT2D eigenvalue weighted by Crippen LogP contribution is 2.24. The van der Waals surface area contributed by atoms with Crippen LogP contribution >= 0.6 is 0 Å². The van der Waals surface area contributed by atoms with Gasteiger partial charge in [-0.15, -0.1) is 0 Å². The maximum absolute atomic E-state index is 4.88. The molecule has 106 valence electrons. The van der Waals surface area contributed by atoms with Crippen LogP contribution in [-0.4, -0.2) is 41.6 Å². The maximum Gasteiger partial charge on any atom is 0.140 e. The molecule has 4 heteroatoms. The number of hydrogen-bond acceptors (Lipinski definition) is 3. The summed E-state index contributed by atoms with van der Waals surface area (Å²) in [6.45, 7) is 3.98. The molecule has 0 saturated carbocycles. The Morgan fingerprint density at radius 2 is 2.05 bits per heavy atom. The van der Waals surface area contributed by atoms with Crippen LogP contribution in [0.15, 0.2) is 30.3 Å². The molecular formula is C16H22N4. The number of likely N-dealkylation sites (N-methyl/N-ethyl adjacent to an activating group) is 1. The average Bonchev–Trinajstić information content (AvgIpc) is 2.84. The first-order valence-electron chi connectivity index (χ1n) is 7.25. The van der Waals surface area contributed by atoms with Gasteiger partial charge in [0.15, 0.2) is 0 Å². The Bertz CT molecular complexity index is 572. The monoisotopic (exact) mass is 270 g/mol. The highest BCUT2D eigenvalue weighted by atomic mass is 15.2. The van der Waals surface area contributed by atoms with E-state index < -0.39 is 0 Å². The fraction of sp³-hybridized carbons (Fsp3) is 0.438. The smallest absolute Gasteiger partial charge is 0.140 e. The van der Waals surface area contributed by atoms with Crippen LogP contribution in [-0.2, 0) is 19.5 Å². The van der Waals surface area contributed by atoms with E-state index in [2.05, 4.69) is 59.2 Å². The van der Waals surface area contributed by atoms with E-state index in [0.717, 1.165) is 38.4 Å². The molecule has 2 aromatic rings. The van der Waals surface area contributed by atoms with Gasteiger partial charge in [-0.2, -0.15) is 0 Å². The van der Waals surface area contributed by atoms with Crippen LogP contribution < -0.4 is 5.32 Å². The fourth-order valence-corrected chi connectivity index (χ4v) is 2.72. The van der Waals surface area contributed by atoms with Crippen molar-refractivity contribution in [3.63, 3.8) is 0 Å². The molecule has 1 N–H and O–H groups in total. The Morgan fingerprint density at radius 3 is 2.80 bits per heavy atom. The highest BCUT2D eigenvalue weighted by Gasteiger charge is 2.20. The normalized spacial score (nSPS) is 14.6. The van der Waals surface area contributed by atoms with Crippen molar-refractivity contribution in [3.05, 3.63) is 41.7 Å². The zero-order valence-corrected chi connectivity index (χ0v) is 12.3. The minimum Gasteiger partial charge on any atom is -0.326 e. The number of benzene rings is 1. The number of rotatable bonds is 4. The van der Waals surface area contributed by atoms with E-state index in [9.17, 15) is 0 Å². The van der Waals surface area contributed by atoms with Crippen molar-refractivity contribution in [2.24, 2.45) is 0 Å². The summed E-state index contributed by atoms with van der Waals surface area (Å²) >= 11 is 0. The number of imidazole rings is 1. The molecule has 1 aromatic carbocycles. The summed E-state index contributed by atoms with van der Waals surface area (Å²) in [4.78, 5) is 7.11. The van der Waals surface area contributed by atoms with Gasteiger partial charge in [0, 0.05) is 43.9 Å². The summed E-state index contributed by atoms with van der Waals surface area (Å²) in [5.74, 6) is 1.11. The molecule has 0 bridgehead atoms. The van der Waals surface area contributed by atoms with E-state index in [4.69, 9.17) is 4.98 Å². The van der Waals surface area contributed by atoms with Crippen LogP contribution in [0.3, 0.4) is 0 Å². The summed E-state index contributed by atoms with van der Waals surface area (Å²) in [7, 11) is 4.24. The summed E-state index contributed by atoms with van der Waals surface area (Å²) < 4.78 is 2.41. The van der Waals surface area contributed by atoms with Crippen molar-refractivity contribution in [3.8, 4) is 11.4 Å². The zero-order chi connectivity index (χ0) is 13.9. The largest absolute Gasteiger partial charge is 0.326 e. The van der Waals surface area contributed by atoms with E-state index in [1.165, 1.54) is 17.0 Å².